The lowest BCUT2D eigenvalue weighted by atomic mass is 9.81. The van der Waals surface area contributed by atoms with Crippen molar-refractivity contribution >= 4 is 63.8 Å². The zero-order valence-corrected chi connectivity index (χ0v) is 27.1. The van der Waals surface area contributed by atoms with Crippen LogP contribution in [0.3, 0.4) is 0 Å². The lowest BCUT2D eigenvalue weighted by Gasteiger charge is -2.31. The molecule has 1 fully saturated rings. The van der Waals surface area contributed by atoms with Crippen molar-refractivity contribution < 1.29 is 27.6 Å². The van der Waals surface area contributed by atoms with Crippen molar-refractivity contribution in [2.45, 2.75) is 55.1 Å². The number of hydrogen-bond donors (Lipinski definition) is 1. The third-order valence-corrected chi connectivity index (χ3v) is 10.9. The Balaban J connectivity index is 1.42. The van der Waals surface area contributed by atoms with Crippen LogP contribution in [0.15, 0.2) is 82.6 Å². The second kappa shape index (κ2) is 11.7. The van der Waals surface area contributed by atoms with Crippen LogP contribution < -0.4 is 15.1 Å². The number of nitrogens with zero attached hydrogens (tertiary/aromatic N) is 2. The minimum atomic E-state index is -4.67. The maximum atomic E-state index is 14.1. The molecule has 238 valence electrons. The maximum absolute atomic E-state index is 14.1. The number of anilines is 2. The van der Waals surface area contributed by atoms with Gasteiger partial charge in [0.15, 0.2) is 0 Å². The molecule has 1 aromatic heterocycles. The normalized spacial score (nSPS) is 19.6. The van der Waals surface area contributed by atoms with Gasteiger partial charge in [0, 0.05) is 21.5 Å². The van der Waals surface area contributed by atoms with E-state index < -0.39 is 51.4 Å². The fraction of sp³-hybridized carbons (Fsp3) is 0.273. The lowest BCUT2D eigenvalue weighted by Crippen LogP contribution is -2.33. The van der Waals surface area contributed by atoms with Crippen LogP contribution in [-0.4, -0.2) is 27.5 Å². The Morgan fingerprint density at radius 1 is 0.913 bits per heavy atom. The number of carbonyl (C=O) groups is 3. The third-order valence-electron chi connectivity index (χ3n) is 8.05. The number of fused-ring (bicyclic) bond motifs is 2. The third kappa shape index (κ3) is 5.89. The lowest BCUT2D eigenvalue weighted by molar-refractivity contribution is -0.137. The number of thioether (sulfide) groups is 1. The molecule has 6 rings (SSSR count). The van der Waals surface area contributed by atoms with E-state index in [4.69, 9.17) is 11.6 Å². The molecule has 0 unspecified atom stereocenters. The van der Waals surface area contributed by atoms with Crippen LogP contribution in [0.4, 0.5) is 24.5 Å². The van der Waals surface area contributed by atoms with Crippen molar-refractivity contribution in [1.82, 2.24) is 4.57 Å². The monoisotopic (exact) mass is 685 g/mol. The summed E-state index contributed by atoms with van der Waals surface area (Å²) in [4.78, 5) is 55.3. The van der Waals surface area contributed by atoms with E-state index >= 15 is 0 Å². The molecule has 0 spiro atoms. The largest absolute Gasteiger partial charge is 0.416 e. The predicted octanol–water partition coefficient (Wildman–Crippen LogP) is 7.31. The number of benzene rings is 3. The number of rotatable bonds is 5. The van der Waals surface area contributed by atoms with E-state index in [2.05, 4.69) is 26.1 Å². The number of thiazole rings is 1. The van der Waals surface area contributed by atoms with E-state index in [1.807, 2.05) is 24.3 Å². The molecule has 0 bridgehead atoms. The Morgan fingerprint density at radius 2 is 1.59 bits per heavy atom. The van der Waals surface area contributed by atoms with Crippen LogP contribution in [0.2, 0.25) is 5.02 Å². The average molecular weight is 686 g/mol. The van der Waals surface area contributed by atoms with Crippen molar-refractivity contribution in [3.8, 4) is 0 Å². The topological polar surface area (TPSA) is 88.5 Å². The summed E-state index contributed by atoms with van der Waals surface area (Å²) in [5.41, 5.74) is 0.855. The Bertz CT molecular complexity index is 1910. The zero-order valence-electron chi connectivity index (χ0n) is 24.7. The van der Waals surface area contributed by atoms with Gasteiger partial charge in [-0.15, -0.1) is 0 Å². The molecule has 4 aromatic rings. The summed E-state index contributed by atoms with van der Waals surface area (Å²) in [7, 11) is 0. The van der Waals surface area contributed by atoms with E-state index in [0.29, 0.717) is 26.2 Å². The number of imide groups is 1. The molecule has 3 atom stereocenters. The minimum absolute atomic E-state index is 0.167. The first-order valence-corrected chi connectivity index (χ1v) is 16.3. The summed E-state index contributed by atoms with van der Waals surface area (Å²) in [5.74, 6) is -3.56. The van der Waals surface area contributed by atoms with Crippen LogP contribution >= 0.6 is 34.7 Å². The van der Waals surface area contributed by atoms with Gasteiger partial charge in [-0.1, -0.05) is 85.8 Å². The first-order chi connectivity index (χ1) is 21.6. The first-order valence-electron chi connectivity index (χ1n) is 14.2. The number of amides is 3. The van der Waals surface area contributed by atoms with Gasteiger partial charge >= 0.3 is 11.0 Å². The second-order valence-electron chi connectivity index (χ2n) is 12.2. The highest BCUT2D eigenvalue weighted by Gasteiger charge is 2.57. The maximum Gasteiger partial charge on any atom is 0.416 e. The molecule has 2 aliphatic heterocycles. The molecular formula is C33H27ClF3N3O4S2. The van der Waals surface area contributed by atoms with E-state index in [1.54, 1.807) is 24.3 Å². The molecule has 0 radical (unpaired) electrons. The van der Waals surface area contributed by atoms with Crippen molar-refractivity contribution in [1.29, 1.82) is 0 Å². The van der Waals surface area contributed by atoms with Crippen LogP contribution in [-0.2, 0) is 32.5 Å². The highest BCUT2D eigenvalue weighted by molar-refractivity contribution is 8.00. The molecular weight excluding hydrogens is 659 g/mol. The summed E-state index contributed by atoms with van der Waals surface area (Å²) in [6, 6.07) is 18.1. The summed E-state index contributed by atoms with van der Waals surface area (Å²) >= 11 is 7.82. The van der Waals surface area contributed by atoms with Gasteiger partial charge in [-0.2, -0.15) is 13.2 Å². The molecule has 1 saturated heterocycles. The zero-order chi connectivity index (χ0) is 33.1. The molecule has 2 aliphatic rings. The van der Waals surface area contributed by atoms with Crippen LogP contribution in [0.1, 0.15) is 48.3 Å². The Morgan fingerprint density at radius 3 is 2.22 bits per heavy atom. The summed E-state index contributed by atoms with van der Waals surface area (Å²) in [6.07, 6.45) is -4.67. The summed E-state index contributed by atoms with van der Waals surface area (Å²) in [5, 5.41) is 2.55. The highest BCUT2D eigenvalue weighted by Crippen LogP contribution is 2.54. The Hall–Kier alpha value is -3.87. The number of halogens is 4. The molecule has 46 heavy (non-hydrogen) atoms. The van der Waals surface area contributed by atoms with Gasteiger partial charge in [-0.3, -0.25) is 23.7 Å². The van der Waals surface area contributed by atoms with Gasteiger partial charge in [0.25, 0.3) is 0 Å². The summed E-state index contributed by atoms with van der Waals surface area (Å²) in [6.45, 7) is 5.81. The molecule has 3 aromatic carbocycles. The standard InChI is InChI=1S/C33H27ClF3N3O4S2/c1-32(2,3)18-9-7-17(8-10-18)24-25-26(29(43)40(28(25)42)22-6-4-5-19(15-22)33(35,36)37)45-30-27(24)46-31(44)39(30)16-23(41)38-21-13-11-20(34)12-14-21/h4-15,24-26H,16H2,1-3H3,(H,38,41)/t24-,25+,26-/m0/s1. The Kier molecular flexibility index (Phi) is 8.19. The van der Waals surface area contributed by atoms with Crippen LogP contribution in [0, 0.1) is 5.92 Å². The molecule has 0 aliphatic carbocycles. The fourth-order valence-electron chi connectivity index (χ4n) is 5.76. The molecule has 3 heterocycles. The SMILES string of the molecule is CC(C)(C)c1ccc([C@@H]2c3sc(=O)n(CC(=O)Nc4ccc(Cl)cc4)c3S[C@@H]3C(=O)N(c4cccc(C(F)(F)F)c4)C(=O)[C@H]23)cc1. The van der Waals surface area contributed by atoms with E-state index in [-0.39, 0.29) is 17.6 Å². The first kappa shape index (κ1) is 32.1. The number of aromatic nitrogens is 1. The molecule has 13 heteroatoms. The molecule has 3 amide bonds. The number of alkyl halides is 3. The van der Waals surface area contributed by atoms with Crippen LogP contribution in [0.25, 0.3) is 0 Å². The summed E-state index contributed by atoms with van der Waals surface area (Å²) < 4.78 is 42.0. The number of carbonyl (C=O) groups excluding carboxylic acids is 3. The smallest absolute Gasteiger partial charge is 0.325 e. The van der Waals surface area contributed by atoms with E-state index in [9.17, 15) is 32.3 Å². The van der Waals surface area contributed by atoms with Crippen molar-refractivity contribution in [2.75, 3.05) is 10.2 Å². The van der Waals surface area contributed by atoms with Gasteiger partial charge in [0.2, 0.25) is 17.7 Å². The van der Waals surface area contributed by atoms with Crippen molar-refractivity contribution in [2.24, 2.45) is 5.92 Å². The van der Waals surface area contributed by atoms with Gasteiger partial charge in [-0.25, -0.2) is 4.90 Å². The van der Waals surface area contributed by atoms with Crippen molar-refractivity contribution in [3.63, 3.8) is 0 Å². The minimum Gasteiger partial charge on any atom is -0.325 e. The predicted molar refractivity (Wildman–Crippen MR) is 173 cm³/mol. The highest BCUT2D eigenvalue weighted by atomic mass is 35.5. The quantitative estimate of drug-likeness (QED) is 0.223. The van der Waals surface area contributed by atoms with Gasteiger partial charge < -0.3 is 5.32 Å². The van der Waals surface area contributed by atoms with Gasteiger partial charge in [-0.05, 0) is 59.0 Å². The van der Waals surface area contributed by atoms with Crippen LogP contribution in [0.5, 0.6) is 0 Å². The van der Waals surface area contributed by atoms with Crippen molar-refractivity contribution in [3.05, 3.63) is 109 Å². The number of nitrogens with one attached hydrogen (secondary N) is 1. The fourth-order valence-corrected chi connectivity index (χ4v) is 8.66. The van der Waals surface area contributed by atoms with Gasteiger partial charge in [0.1, 0.15) is 11.8 Å². The van der Waals surface area contributed by atoms with Gasteiger partial charge in [0.05, 0.1) is 22.2 Å². The number of hydrogen-bond acceptors (Lipinski definition) is 6. The Labute approximate surface area is 275 Å². The second-order valence-corrected chi connectivity index (χ2v) is 14.7. The van der Waals surface area contributed by atoms with E-state index in [0.717, 1.165) is 51.8 Å². The average Bonchev–Trinajstić information content (AvgIpc) is 3.43. The molecule has 1 N–H and O–H groups in total. The molecule has 0 saturated carbocycles. The van der Waals surface area contributed by atoms with E-state index in [1.165, 1.54) is 10.6 Å². The molecule has 7 nitrogen and oxygen atoms in total.